The third kappa shape index (κ3) is 7.63. The van der Waals surface area contributed by atoms with Gasteiger partial charge in [0.1, 0.15) is 18.4 Å². The van der Waals surface area contributed by atoms with E-state index >= 15 is 0 Å². The van der Waals surface area contributed by atoms with Gasteiger partial charge in [0.2, 0.25) is 0 Å². The number of thioether (sulfide) groups is 1. The fourth-order valence-electron chi connectivity index (χ4n) is 4.28. The van der Waals surface area contributed by atoms with Gasteiger partial charge in [0, 0.05) is 32.6 Å². The Morgan fingerprint density at radius 3 is 2.14 bits per heavy atom. The van der Waals surface area contributed by atoms with Crippen LogP contribution in [0.25, 0.3) is 6.08 Å². The van der Waals surface area contributed by atoms with Crippen LogP contribution < -0.4 is 4.90 Å². The molecule has 0 aliphatic carbocycles. The molecule has 0 unspecified atom stereocenters. The van der Waals surface area contributed by atoms with Crippen LogP contribution >= 0.6 is 23.1 Å². The van der Waals surface area contributed by atoms with Crippen molar-refractivity contribution >= 4 is 69.8 Å². The summed E-state index contributed by atoms with van der Waals surface area (Å²) in [5.74, 6) is -3.23. The zero-order chi connectivity index (χ0) is 30.4. The molecule has 1 aromatic carbocycles. The van der Waals surface area contributed by atoms with Crippen molar-refractivity contribution in [2.75, 3.05) is 11.5 Å². The van der Waals surface area contributed by atoms with E-state index in [-0.39, 0.29) is 17.5 Å². The Hall–Kier alpha value is -4.01. The van der Waals surface area contributed by atoms with Gasteiger partial charge in [0.25, 0.3) is 5.91 Å². The summed E-state index contributed by atoms with van der Waals surface area (Å²) in [6.45, 7) is 4.28. The fourth-order valence-corrected chi connectivity index (χ4v) is 6.12. The highest BCUT2D eigenvalue weighted by Gasteiger charge is 2.53. The minimum atomic E-state index is -1.34. The lowest BCUT2D eigenvalue weighted by molar-refractivity contribution is -0.237. The Morgan fingerprint density at radius 1 is 0.905 bits per heavy atom. The maximum Gasteiger partial charge on any atom is 0.303 e. The van der Waals surface area contributed by atoms with E-state index in [0.717, 1.165) is 37.4 Å². The number of amides is 1. The number of carbonyl (C=O) groups is 5. The third-order valence-electron chi connectivity index (χ3n) is 5.84. The number of nitrogens with zero attached hydrogens (tertiary/aromatic N) is 2. The first-order chi connectivity index (χ1) is 20.0. The minimum Gasteiger partial charge on any atom is -0.463 e. The number of ether oxygens (including phenoxy) is 5. The van der Waals surface area contributed by atoms with Gasteiger partial charge in [0.15, 0.2) is 28.9 Å². The van der Waals surface area contributed by atoms with E-state index in [2.05, 4.69) is 4.99 Å². The number of hydrogen-bond acceptors (Lipinski definition) is 13. The highest BCUT2D eigenvalue weighted by molar-refractivity contribution is 8.14. The lowest BCUT2D eigenvalue weighted by Crippen LogP contribution is -2.61. The molecule has 42 heavy (non-hydrogen) atoms. The second-order valence-electron chi connectivity index (χ2n) is 9.10. The van der Waals surface area contributed by atoms with Crippen LogP contribution in [0.2, 0.25) is 0 Å². The summed E-state index contributed by atoms with van der Waals surface area (Å²) in [4.78, 5) is 68.4. The molecule has 2 aliphatic heterocycles. The molecule has 1 saturated heterocycles. The molecule has 5 atom stereocenters. The largest absolute Gasteiger partial charge is 0.463 e. The lowest BCUT2D eigenvalue weighted by atomic mass is 9.99. The predicted octanol–water partition coefficient (Wildman–Crippen LogP) is 3.31. The molecule has 1 aromatic heterocycles. The van der Waals surface area contributed by atoms with Gasteiger partial charge in [-0.3, -0.25) is 28.9 Å². The molecule has 0 radical (unpaired) electrons. The van der Waals surface area contributed by atoms with Crippen molar-refractivity contribution in [3.05, 3.63) is 58.4 Å². The molecule has 0 bridgehead atoms. The van der Waals surface area contributed by atoms with Crippen LogP contribution in [-0.4, -0.2) is 71.4 Å². The highest BCUT2D eigenvalue weighted by Crippen LogP contribution is 2.38. The monoisotopic (exact) mass is 616 g/mol. The van der Waals surface area contributed by atoms with E-state index in [1.54, 1.807) is 36.4 Å². The van der Waals surface area contributed by atoms with Crippen molar-refractivity contribution < 1.29 is 47.7 Å². The average Bonchev–Trinajstić information content (AvgIpc) is 3.54. The topological polar surface area (TPSA) is 147 Å². The van der Waals surface area contributed by atoms with Crippen molar-refractivity contribution in [1.82, 2.24) is 0 Å². The van der Waals surface area contributed by atoms with Crippen molar-refractivity contribution in [2.24, 2.45) is 4.99 Å². The van der Waals surface area contributed by atoms with Crippen LogP contribution in [-0.2, 0) is 47.7 Å². The third-order valence-corrected chi connectivity index (χ3v) is 7.75. The lowest BCUT2D eigenvalue weighted by Gasteiger charge is -2.44. The van der Waals surface area contributed by atoms with Crippen LogP contribution in [0.5, 0.6) is 0 Å². The van der Waals surface area contributed by atoms with Gasteiger partial charge in [-0.05, 0) is 29.7 Å². The van der Waals surface area contributed by atoms with Gasteiger partial charge in [0.05, 0.1) is 5.69 Å². The minimum absolute atomic E-state index is 0.162. The molecule has 1 fully saturated rings. The fraction of sp³-hybridized carbons (Fsp3) is 0.357. The van der Waals surface area contributed by atoms with E-state index in [1.165, 1.54) is 23.2 Å². The zero-order valence-corrected chi connectivity index (χ0v) is 24.7. The Bertz CT molecular complexity index is 1390. The second-order valence-corrected chi connectivity index (χ2v) is 11.1. The molecule has 4 rings (SSSR count). The van der Waals surface area contributed by atoms with Crippen LogP contribution in [0, 0.1) is 0 Å². The summed E-state index contributed by atoms with van der Waals surface area (Å²) in [5, 5.41) is 2.06. The van der Waals surface area contributed by atoms with Crippen LogP contribution in [0.15, 0.2) is 58.5 Å². The maximum atomic E-state index is 13.6. The summed E-state index contributed by atoms with van der Waals surface area (Å²) in [5.41, 5.74) is -0.465. The van der Waals surface area contributed by atoms with E-state index in [9.17, 15) is 24.0 Å². The molecule has 2 aromatic rings. The summed E-state index contributed by atoms with van der Waals surface area (Å²) >= 11 is 2.37. The van der Waals surface area contributed by atoms with Crippen LogP contribution in [0.4, 0.5) is 5.69 Å². The van der Waals surface area contributed by atoms with Gasteiger partial charge in [-0.15, -0.1) is 11.3 Å². The highest BCUT2D eigenvalue weighted by atomic mass is 32.2. The number of para-hydroxylation sites is 1. The number of carbonyl (C=O) groups excluding carboxylic acids is 5. The Balaban J connectivity index is 1.77. The van der Waals surface area contributed by atoms with Crippen LogP contribution in [0.3, 0.4) is 0 Å². The molecule has 1 amide bonds. The first kappa shape index (κ1) is 30.9. The molecular formula is C28H28N2O10S2. The van der Waals surface area contributed by atoms with Gasteiger partial charge in [-0.1, -0.05) is 36.0 Å². The molecule has 3 heterocycles. The van der Waals surface area contributed by atoms with E-state index < -0.39 is 59.6 Å². The number of aliphatic imine (C=N–C) groups is 1. The Kier molecular flexibility index (Phi) is 10.1. The van der Waals surface area contributed by atoms with Gasteiger partial charge in [-0.2, -0.15) is 0 Å². The molecule has 2 aliphatic rings. The number of benzene rings is 1. The van der Waals surface area contributed by atoms with Crippen molar-refractivity contribution in [2.45, 2.75) is 57.5 Å². The molecule has 14 heteroatoms. The first-order valence-corrected chi connectivity index (χ1v) is 14.5. The molecule has 0 N–H and O–H groups in total. The smallest absolute Gasteiger partial charge is 0.303 e. The number of amidine groups is 1. The predicted molar refractivity (Wildman–Crippen MR) is 153 cm³/mol. The van der Waals surface area contributed by atoms with E-state index in [0.29, 0.717) is 5.69 Å². The molecular weight excluding hydrogens is 588 g/mol. The van der Waals surface area contributed by atoms with Crippen molar-refractivity contribution in [1.29, 1.82) is 0 Å². The number of esters is 4. The van der Waals surface area contributed by atoms with Crippen molar-refractivity contribution in [3.8, 4) is 0 Å². The quantitative estimate of drug-likeness (QED) is 0.244. The van der Waals surface area contributed by atoms with Gasteiger partial charge in [-0.25, -0.2) is 4.99 Å². The molecule has 0 spiro atoms. The normalized spacial score (nSPS) is 24.6. The summed E-state index contributed by atoms with van der Waals surface area (Å²) in [6, 6.07) is 12.5. The van der Waals surface area contributed by atoms with Gasteiger partial charge >= 0.3 is 23.9 Å². The molecule has 0 saturated carbocycles. The molecule has 12 nitrogen and oxygen atoms in total. The number of anilines is 1. The SMILES string of the molecule is CC(=O)OC[C@@H]1O[C@@H](SC2=N/C(=C\c3cccs3)C(=O)N2c2ccccc2)[C@@H](OC(C)=O)[C@@H](OC(C)=O)[C@H]1OC(C)=O. The van der Waals surface area contributed by atoms with E-state index in [4.69, 9.17) is 23.7 Å². The Morgan fingerprint density at radius 2 is 1.55 bits per heavy atom. The molecule has 222 valence electrons. The van der Waals surface area contributed by atoms with Gasteiger partial charge < -0.3 is 23.7 Å². The Labute approximate surface area is 249 Å². The number of thiophene rings is 1. The van der Waals surface area contributed by atoms with Crippen molar-refractivity contribution in [3.63, 3.8) is 0 Å². The zero-order valence-electron chi connectivity index (χ0n) is 23.1. The van der Waals surface area contributed by atoms with E-state index in [1.807, 2.05) is 17.5 Å². The second kappa shape index (κ2) is 13.8. The standard InChI is InChI=1S/C28H28N2O10S2/c1-15(31)36-14-22-23(37-16(2)32)24(38-17(3)33)25(39-18(4)34)27(40-22)42-28-29-21(13-20-11-8-12-41-20)26(35)30(28)19-9-6-5-7-10-19/h5-13,22-25,27H,14H2,1-4H3/b21-13-/t22-,23-,24-,25-,27-/m0/s1. The summed E-state index contributed by atoms with van der Waals surface area (Å²) in [6.07, 6.45) is -3.42. The maximum absolute atomic E-state index is 13.6. The first-order valence-electron chi connectivity index (χ1n) is 12.7. The summed E-state index contributed by atoms with van der Waals surface area (Å²) < 4.78 is 27.9. The summed E-state index contributed by atoms with van der Waals surface area (Å²) in [7, 11) is 0. The average molecular weight is 617 g/mol. The van der Waals surface area contributed by atoms with Crippen LogP contribution in [0.1, 0.15) is 32.6 Å². The number of rotatable bonds is 8. The number of hydrogen-bond donors (Lipinski definition) is 0.